The molecule has 0 N–H and O–H groups in total. The summed E-state index contributed by atoms with van der Waals surface area (Å²) in [5.74, 6) is 0.804. The van der Waals surface area contributed by atoms with Crippen molar-refractivity contribution in [3.8, 4) is 5.69 Å². The number of aryl methyl sites for hydroxylation is 1. The average molecular weight is 416 g/mol. The minimum Gasteiger partial charge on any atom is -0.288 e. The molecule has 30 heavy (non-hydrogen) atoms. The van der Waals surface area contributed by atoms with Crippen molar-refractivity contribution < 1.29 is 0 Å². The molecular formula is C24H25N5S. The van der Waals surface area contributed by atoms with Crippen molar-refractivity contribution >= 4 is 11.8 Å². The van der Waals surface area contributed by atoms with Crippen molar-refractivity contribution in [1.29, 1.82) is 0 Å². The van der Waals surface area contributed by atoms with Crippen molar-refractivity contribution in [2.45, 2.75) is 24.4 Å². The van der Waals surface area contributed by atoms with Crippen molar-refractivity contribution in [2.75, 3.05) is 13.3 Å². The maximum atomic E-state index is 4.46. The molecule has 0 bridgehead atoms. The Bertz CT molecular complexity index is 1090. The quantitative estimate of drug-likeness (QED) is 0.401. The summed E-state index contributed by atoms with van der Waals surface area (Å²) in [4.78, 5) is 3.56. The van der Waals surface area contributed by atoms with Gasteiger partial charge in [-0.15, -0.1) is 16.9 Å². The van der Waals surface area contributed by atoms with E-state index in [0.29, 0.717) is 0 Å². The second-order valence-corrected chi connectivity index (χ2v) is 8.19. The van der Waals surface area contributed by atoms with E-state index in [1.807, 2.05) is 22.9 Å². The monoisotopic (exact) mass is 415 g/mol. The van der Waals surface area contributed by atoms with Gasteiger partial charge in [0.15, 0.2) is 5.82 Å². The molecule has 1 atom stereocenters. The highest BCUT2D eigenvalue weighted by molar-refractivity contribution is 7.98. The first-order valence-corrected chi connectivity index (χ1v) is 11.1. The Balaban J connectivity index is 1.73. The third-order valence-corrected chi connectivity index (χ3v) is 5.97. The highest BCUT2D eigenvalue weighted by atomic mass is 32.2. The lowest BCUT2D eigenvalue weighted by molar-refractivity contribution is 0.258. The van der Waals surface area contributed by atoms with E-state index in [-0.39, 0.29) is 6.04 Å². The van der Waals surface area contributed by atoms with E-state index in [0.717, 1.165) is 29.2 Å². The van der Waals surface area contributed by atoms with Gasteiger partial charge < -0.3 is 0 Å². The molecule has 0 aliphatic rings. The van der Waals surface area contributed by atoms with E-state index in [4.69, 9.17) is 0 Å². The number of hydrogen-bond donors (Lipinski definition) is 0. The molecule has 5 nitrogen and oxygen atoms in total. The molecule has 1 heterocycles. The molecule has 0 radical (unpaired) electrons. The van der Waals surface area contributed by atoms with Crippen LogP contribution in [0.25, 0.3) is 5.69 Å². The molecule has 0 saturated carbocycles. The van der Waals surface area contributed by atoms with Crippen LogP contribution in [0.3, 0.4) is 0 Å². The van der Waals surface area contributed by atoms with Gasteiger partial charge in [-0.2, -0.15) is 4.68 Å². The topological polar surface area (TPSA) is 46.8 Å². The number of rotatable bonds is 7. The normalized spacial score (nSPS) is 12.3. The molecule has 4 rings (SSSR count). The maximum absolute atomic E-state index is 4.46. The second kappa shape index (κ2) is 9.24. The smallest absolute Gasteiger partial charge is 0.178 e. The van der Waals surface area contributed by atoms with Crippen LogP contribution < -0.4 is 0 Å². The van der Waals surface area contributed by atoms with Crippen LogP contribution >= 0.6 is 11.8 Å². The maximum Gasteiger partial charge on any atom is 0.178 e. The summed E-state index contributed by atoms with van der Waals surface area (Å²) in [6, 6.07) is 27.2. The number of benzene rings is 3. The summed E-state index contributed by atoms with van der Waals surface area (Å²) in [5.41, 5.74) is 4.54. The zero-order valence-electron chi connectivity index (χ0n) is 17.4. The Hall–Kier alpha value is -2.96. The fourth-order valence-electron chi connectivity index (χ4n) is 3.68. The molecule has 4 aromatic rings. The molecule has 3 aromatic carbocycles. The number of aromatic nitrogens is 4. The van der Waals surface area contributed by atoms with Gasteiger partial charge in [0, 0.05) is 11.4 Å². The lowest BCUT2D eigenvalue weighted by Gasteiger charge is -2.28. The molecule has 1 aromatic heterocycles. The first-order chi connectivity index (χ1) is 14.7. The van der Waals surface area contributed by atoms with Crippen molar-refractivity contribution in [1.82, 2.24) is 25.1 Å². The summed E-state index contributed by atoms with van der Waals surface area (Å²) >= 11 is 1.76. The number of tetrazole rings is 1. The van der Waals surface area contributed by atoms with Gasteiger partial charge in [-0.05, 0) is 65.5 Å². The third-order valence-electron chi connectivity index (χ3n) is 5.23. The first kappa shape index (κ1) is 20.3. The van der Waals surface area contributed by atoms with Crippen LogP contribution in [0.5, 0.6) is 0 Å². The third kappa shape index (κ3) is 4.30. The van der Waals surface area contributed by atoms with Crippen LogP contribution in [-0.2, 0) is 6.54 Å². The van der Waals surface area contributed by atoms with Crippen LogP contribution in [0.15, 0.2) is 83.8 Å². The first-order valence-electron chi connectivity index (χ1n) is 9.90. The lowest BCUT2D eigenvalue weighted by Crippen LogP contribution is -2.28. The van der Waals surface area contributed by atoms with Crippen molar-refractivity contribution in [3.05, 3.63) is 101 Å². The molecule has 0 saturated heterocycles. The number of thioether (sulfide) groups is 1. The molecule has 0 aliphatic carbocycles. The predicted molar refractivity (Wildman–Crippen MR) is 122 cm³/mol. The second-order valence-electron chi connectivity index (χ2n) is 7.31. The number of para-hydroxylation sites is 1. The fourth-order valence-corrected chi connectivity index (χ4v) is 4.09. The average Bonchev–Trinajstić information content (AvgIpc) is 3.24. The minimum atomic E-state index is -0.0824. The summed E-state index contributed by atoms with van der Waals surface area (Å²) in [6.07, 6.45) is 2.10. The Morgan fingerprint density at radius 3 is 2.33 bits per heavy atom. The van der Waals surface area contributed by atoms with Crippen LogP contribution in [0.4, 0.5) is 0 Å². The van der Waals surface area contributed by atoms with Crippen LogP contribution in [0.1, 0.15) is 28.6 Å². The van der Waals surface area contributed by atoms with Gasteiger partial charge in [0.2, 0.25) is 0 Å². The van der Waals surface area contributed by atoms with E-state index in [1.54, 1.807) is 11.8 Å². The fraction of sp³-hybridized carbons (Fsp3) is 0.208. The van der Waals surface area contributed by atoms with Crippen LogP contribution in [0, 0.1) is 6.92 Å². The lowest BCUT2D eigenvalue weighted by atomic mass is 10.0. The Labute approximate surface area is 181 Å². The minimum absolute atomic E-state index is 0.0824. The number of nitrogens with zero attached hydrogens (tertiary/aromatic N) is 5. The molecule has 0 amide bonds. The molecule has 0 aliphatic heterocycles. The Kier molecular flexibility index (Phi) is 6.26. The molecule has 0 fully saturated rings. The molecular weight excluding hydrogens is 390 g/mol. The van der Waals surface area contributed by atoms with E-state index < -0.39 is 0 Å². The van der Waals surface area contributed by atoms with E-state index in [9.17, 15) is 0 Å². The van der Waals surface area contributed by atoms with Crippen LogP contribution in [0.2, 0.25) is 0 Å². The molecule has 0 unspecified atom stereocenters. The van der Waals surface area contributed by atoms with Crippen molar-refractivity contribution in [2.24, 2.45) is 0 Å². The highest BCUT2D eigenvalue weighted by Gasteiger charge is 2.26. The Morgan fingerprint density at radius 2 is 1.63 bits per heavy atom. The van der Waals surface area contributed by atoms with Crippen molar-refractivity contribution in [3.63, 3.8) is 0 Å². The summed E-state index contributed by atoms with van der Waals surface area (Å²) in [6.45, 7) is 2.87. The van der Waals surface area contributed by atoms with Gasteiger partial charge in [0.05, 0.1) is 11.7 Å². The SMILES string of the molecule is CSc1ccc(CN(C)[C@@H](c2ccccc2)c2nnnn2-c2ccccc2C)cc1. The standard InChI is InChI=1S/C24H25N5S/c1-18-9-7-8-12-22(18)29-24(25-26-27-29)23(20-10-5-4-6-11-20)28(2)17-19-13-15-21(30-3)16-14-19/h4-16,23H,17H2,1-3H3/t23-/m0/s1. The Morgan fingerprint density at radius 1 is 0.933 bits per heavy atom. The largest absolute Gasteiger partial charge is 0.288 e. The van der Waals surface area contributed by atoms with E-state index in [1.165, 1.54) is 10.5 Å². The van der Waals surface area contributed by atoms with E-state index >= 15 is 0 Å². The van der Waals surface area contributed by atoms with Gasteiger partial charge in [-0.3, -0.25) is 4.90 Å². The molecule has 6 heteroatoms. The summed E-state index contributed by atoms with van der Waals surface area (Å²) < 4.78 is 1.86. The highest BCUT2D eigenvalue weighted by Crippen LogP contribution is 2.29. The van der Waals surface area contributed by atoms with Gasteiger partial charge in [-0.1, -0.05) is 60.7 Å². The zero-order valence-corrected chi connectivity index (χ0v) is 18.3. The van der Waals surface area contributed by atoms with Gasteiger partial charge in [0.25, 0.3) is 0 Å². The number of hydrogen-bond acceptors (Lipinski definition) is 5. The predicted octanol–water partition coefficient (Wildman–Crippen LogP) is 4.91. The molecule has 0 spiro atoms. The van der Waals surface area contributed by atoms with E-state index in [2.05, 4.69) is 101 Å². The zero-order chi connectivity index (χ0) is 20.9. The van der Waals surface area contributed by atoms with Gasteiger partial charge in [0.1, 0.15) is 0 Å². The van der Waals surface area contributed by atoms with Gasteiger partial charge in [-0.25, -0.2) is 0 Å². The van der Waals surface area contributed by atoms with Crippen LogP contribution in [-0.4, -0.2) is 38.4 Å². The van der Waals surface area contributed by atoms with Gasteiger partial charge >= 0.3 is 0 Å². The summed E-state index contributed by atoms with van der Waals surface area (Å²) in [7, 11) is 2.12. The summed E-state index contributed by atoms with van der Waals surface area (Å²) in [5, 5.41) is 12.8. The molecule has 152 valence electrons.